The van der Waals surface area contributed by atoms with Crippen LogP contribution in [0.3, 0.4) is 0 Å². The van der Waals surface area contributed by atoms with Crippen molar-refractivity contribution in [2.75, 3.05) is 51.8 Å². The second-order valence-corrected chi connectivity index (χ2v) is 8.32. The molecule has 0 radical (unpaired) electrons. The van der Waals surface area contributed by atoms with E-state index in [0.29, 0.717) is 56.2 Å². The number of hydrogen-bond donors (Lipinski definition) is 1. The van der Waals surface area contributed by atoms with Crippen LogP contribution in [0.4, 0.5) is 10.5 Å². The topological polar surface area (TPSA) is 91.4 Å². The van der Waals surface area contributed by atoms with Crippen molar-refractivity contribution in [2.45, 2.75) is 19.4 Å². The molecule has 0 aromatic heterocycles. The highest BCUT2D eigenvalue weighted by molar-refractivity contribution is 5.97. The molecule has 9 nitrogen and oxygen atoms in total. The lowest BCUT2D eigenvalue weighted by Crippen LogP contribution is -2.53. The summed E-state index contributed by atoms with van der Waals surface area (Å²) in [7, 11) is 3.08. The van der Waals surface area contributed by atoms with Gasteiger partial charge < -0.3 is 29.5 Å². The number of nitrogens with zero attached hydrogens (tertiary/aromatic N) is 3. The quantitative estimate of drug-likeness (QED) is 0.706. The summed E-state index contributed by atoms with van der Waals surface area (Å²) < 4.78 is 10.6. The largest absolute Gasteiger partial charge is 0.497 e. The van der Waals surface area contributed by atoms with Crippen molar-refractivity contribution < 1.29 is 23.9 Å². The standard InChI is InChI=1S/C25H30N4O5/c1-33-20-8-9-21(22(16-20)34-2)24(31)27-11-13-28(14-12-27)25(32)26-17-18-5-3-6-19(15-18)29-10-4-7-23(29)30/h3,5-6,8-9,15-16H,4,7,10-14,17H2,1-2H3,(H,26,32). The number of carbonyl (C=O) groups excluding carboxylic acids is 3. The Morgan fingerprint density at radius 1 is 0.941 bits per heavy atom. The van der Waals surface area contributed by atoms with Gasteiger partial charge in [0.15, 0.2) is 0 Å². The molecule has 2 saturated heterocycles. The number of methoxy groups -OCH3 is 2. The molecule has 2 aliphatic rings. The molecule has 0 saturated carbocycles. The Bertz CT molecular complexity index is 1070. The third kappa shape index (κ3) is 5.08. The van der Waals surface area contributed by atoms with Crippen molar-refractivity contribution in [3.05, 3.63) is 53.6 Å². The number of carbonyl (C=O) groups is 3. The maximum Gasteiger partial charge on any atom is 0.317 e. The molecule has 9 heteroatoms. The van der Waals surface area contributed by atoms with E-state index in [1.54, 1.807) is 40.0 Å². The molecule has 2 fully saturated rings. The Hall–Kier alpha value is -3.75. The molecule has 0 aliphatic carbocycles. The first-order valence-corrected chi connectivity index (χ1v) is 11.4. The summed E-state index contributed by atoms with van der Waals surface area (Å²) in [5.74, 6) is 1.09. The van der Waals surface area contributed by atoms with Crippen molar-refractivity contribution >= 4 is 23.5 Å². The van der Waals surface area contributed by atoms with Crippen LogP contribution < -0.4 is 19.7 Å². The summed E-state index contributed by atoms with van der Waals surface area (Å²) in [6, 6.07) is 12.6. The number of benzene rings is 2. The van der Waals surface area contributed by atoms with E-state index < -0.39 is 0 Å². The zero-order valence-electron chi connectivity index (χ0n) is 19.6. The van der Waals surface area contributed by atoms with Crippen LogP contribution in [0, 0.1) is 0 Å². The Morgan fingerprint density at radius 2 is 1.71 bits per heavy atom. The zero-order chi connectivity index (χ0) is 24.1. The van der Waals surface area contributed by atoms with Crippen molar-refractivity contribution in [1.82, 2.24) is 15.1 Å². The van der Waals surface area contributed by atoms with Crippen LogP contribution in [0.25, 0.3) is 0 Å². The maximum absolute atomic E-state index is 13.0. The Balaban J connectivity index is 1.29. The summed E-state index contributed by atoms with van der Waals surface area (Å²) in [6.07, 6.45) is 1.46. The molecule has 2 aromatic rings. The molecule has 0 unspecified atom stereocenters. The highest BCUT2D eigenvalue weighted by atomic mass is 16.5. The fraction of sp³-hybridized carbons (Fsp3) is 0.400. The van der Waals surface area contributed by atoms with Gasteiger partial charge in [0.1, 0.15) is 11.5 Å². The molecule has 2 heterocycles. The molecule has 1 N–H and O–H groups in total. The van der Waals surface area contributed by atoms with Gasteiger partial charge in [0.2, 0.25) is 5.91 Å². The van der Waals surface area contributed by atoms with E-state index in [1.165, 1.54) is 7.11 Å². The fourth-order valence-electron chi connectivity index (χ4n) is 4.30. The minimum Gasteiger partial charge on any atom is -0.497 e. The van der Waals surface area contributed by atoms with Crippen LogP contribution in [0.2, 0.25) is 0 Å². The van der Waals surface area contributed by atoms with Crippen LogP contribution in [0.15, 0.2) is 42.5 Å². The molecule has 180 valence electrons. The number of amides is 4. The number of anilines is 1. The summed E-state index contributed by atoms with van der Waals surface area (Å²) >= 11 is 0. The maximum atomic E-state index is 13.0. The lowest BCUT2D eigenvalue weighted by Gasteiger charge is -2.35. The summed E-state index contributed by atoms with van der Waals surface area (Å²) in [5.41, 5.74) is 2.28. The van der Waals surface area contributed by atoms with Crippen molar-refractivity contribution in [3.8, 4) is 11.5 Å². The summed E-state index contributed by atoms with van der Waals surface area (Å²) in [5, 5.41) is 2.95. The summed E-state index contributed by atoms with van der Waals surface area (Å²) in [4.78, 5) is 42.9. The van der Waals surface area contributed by atoms with E-state index in [0.717, 1.165) is 24.2 Å². The number of rotatable bonds is 6. The van der Waals surface area contributed by atoms with Gasteiger partial charge in [0, 0.05) is 57.4 Å². The van der Waals surface area contributed by atoms with E-state index in [-0.39, 0.29) is 17.8 Å². The van der Waals surface area contributed by atoms with E-state index in [9.17, 15) is 14.4 Å². The highest BCUT2D eigenvalue weighted by Gasteiger charge is 2.27. The third-order valence-electron chi connectivity index (χ3n) is 6.23. The van der Waals surface area contributed by atoms with Gasteiger partial charge in [-0.2, -0.15) is 0 Å². The van der Waals surface area contributed by atoms with Crippen LogP contribution in [0.5, 0.6) is 11.5 Å². The average Bonchev–Trinajstić information content (AvgIpc) is 3.32. The van der Waals surface area contributed by atoms with Crippen molar-refractivity contribution in [1.29, 1.82) is 0 Å². The van der Waals surface area contributed by atoms with E-state index in [1.807, 2.05) is 24.3 Å². The Morgan fingerprint density at radius 3 is 2.38 bits per heavy atom. The number of nitrogens with one attached hydrogen (secondary N) is 1. The first kappa shape index (κ1) is 23.4. The Labute approximate surface area is 199 Å². The number of hydrogen-bond acceptors (Lipinski definition) is 5. The monoisotopic (exact) mass is 466 g/mol. The zero-order valence-corrected chi connectivity index (χ0v) is 19.6. The normalized spacial score (nSPS) is 15.9. The molecule has 0 spiro atoms. The Kier molecular flexibility index (Phi) is 7.20. The number of urea groups is 1. The predicted octanol–water partition coefficient (Wildman–Crippen LogP) is 2.50. The summed E-state index contributed by atoms with van der Waals surface area (Å²) in [6.45, 7) is 2.87. The van der Waals surface area contributed by atoms with E-state index in [4.69, 9.17) is 9.47 Å². The molecule has 0 atom stereocenters. The molecule has 2 aromatic carbocycles. The molecular weight excluding hydrogens is 436 g/mol. The molecule has 2 aliphatic heterocycles. The first-order chi connectivity index (χ1) is 16.5. The van der Waals surface area contributed by atoms with Gasteiger partial charge in [-0.3, -0.25) is 9.59 Å². The molecule has 4 rings (SSSR count). The minimum atomic E-state index is -0.170. The van der Waals surface area contributed by atoms with E-state index in [2.05, 4.69) is 5.32 Å². The van der Waals surface area contributed by atoms with Crippen molar-refractivity contribution in [3.63, 3.8) is 0 Å². The number of ether oxygens (including phenoxy) is 2. The van der Waals surface area contributed by atoms with Gasteiger partial charge in [-0.15, -0.1) is 0 Å². The second-order valence-electron chi connectivity index (χ2n) is 8.32. The van der Waals surface area contributed by atoms with Gasteiger partial charge >= 0.3 is 6.03 Å². The predicted molar refractivity (Wildman–Crippen MR) is 127 cm³/mol. The second kappa shape index (κ2) is 10.5. The lowest BCUT2D eigenvalue weighted by molar-refractivity contribution is -0.117. The van der Waals surface area contributed by atoms with Gasteiger partial charge in [0.25, 0.3) is 5.91 Å². The van der Waals surface area contributed by atoms with Gasteiger partial charge in [-0.05, 0) is 36.2 Å². The molecule has 4 amide bonds. The van der Waals surface area contributed by atoms with Crippen LogP contribution in [0.1, 0.15) is 28.8 Å². The minimum absolute atomic E-state index is 0.132. The first-order valence-electron chi connectivity index (χ1n) is 11.4. The highest BCUT2D eigenvalue weighted by Crippen LogP contribution is 2.26. The molecule has 34 heavy (non-hydrogen) atoms. The van der Waals surface area contributed by atoms with Gasteiger partial charge in [-0.25, -0.2) is 4.79 Å². The van der Waals surface area contributed by atoms with Gasteiger partial charge in [0.05, 0.1) is 19.8 Å². The van der Waals surface area contributed by atoms with E-state index >= 15 is 0 Å². The van der Waals surface area contributed by atoms with Crippen LogP contribution in [-0.2, 0) is 11.3 Å². The fourth-order valence-corrected chi connectivity index (χ4v) is 4.30. The third-order valence-corrected chi connectivity index (χ3v) is 6.23. The number of piperazine rings is 1. The molecular formula is C25H30N4O5. The smallest absolute Gasteiger partial charge is 0.317 e. The molecule has 0 bridgehead atoms. The van der Waals surface area contributed by atoms with Gasteiger partial charge in [-0.1, -0.05) is 12.1 Å². The average molecular weight is 467 g/mol. The van der Waals surface area contributed by atoms with Crippen molar-refractivity contribution in [2.24, 2.45) is 0 Å². The lowest BCUT2D eigenvalue weighted by atomic mass is 10.1. The van der Waals surface area contributed by atoms with Crippen LogP contribution in [-0.4, -0.2) is 74.6 Å². The SMILES string of the molecule is COc1ccc(C(=O)N2CCN(C(=O)NCc3cccc(N4CCCC4=O)c3)CC2)c(OC)c1. The van der Waals surface area contributed by atoms with Crippen LogP contribution >= 0.6 is 0 Å².